The van der Waals surface area contributed by atoms with Gasteiger partial charge >= 0.3 is 5.97 Å². The summed E-state index contributed by atoms with van der Waals surface area (Å²) in [5.74, 6) is -0.869. The molecule has 0 bridgehead atoms. The lowest BCUT2D eigenvalue weighted by Gasteiger charge is -2.17. The Morgan fingerprint density at radius 2 is 1.73 bits per heavy atom. The van der Waals surface area contributed by atoms with Gasteiger partial charge in [0.15, 0.2) is 0 Å². The third kappa shape index (κ3) is 11.0. The Hall–Kier alpha value is -0.900. The van der Waals surface area contributed by atoms with E-state index in [1.54, 1.807) is 0 Å². The fraction of sp³-hybridized carbons (Fsp3) is 0.818. The summed E-state index contributed by atoms with van der Waals surface area (Å²) in [6.45, 7) is 9.33. The predicted molar refractivity (Wildman–Crippen MR) is 61.0 cm³/mol. The summed E-state index contributed by atoms with van der Waals surface area (Å²) in [6, 6.07) is -0.126. The molecule has 0 fully saturated rings. The second kappa shape index (κ2) is 9.65. The number of ketones is 1. The van der Waals surface area contributed by atoms with E-state index in [-0.39, 0.29) is 24.3 Å². The fourth-order valence-electron chi connectivity index (χ4n) is 1.07. The monoisotopic (exact) mass is 217 g/mol. The molecule has 0 saturated heterocycles. The molecule has 4 nitrogen and oxygen atoms in total. The SMILES string of the molecule is CC.CC(=O)[C@H](CCC(=O)O)NC(C)C. The zero-order valence-corrected chi connectivity index (χ0v) is 10.3. The molecule has 15 heavy (non-hydrogen) atoms. The van der Waals surface area contributed by atoms with Crippen LogP contribution in [0.15, 0.2) is 0 Å². The number of carbonyl (C=O) groups is 2. The second-order valence-corrected chi connectivity index (χ2v) is 3.42. The molecule has 0 saturated carbocycles. The third-order valence-electron chi connectivity index (χ3n) is 1.67. The Kier molecular flexibility index (Phi) is 10.6. The van der Waals surface area contributed by atoms with Gasteiger partial charge in [0.1, 0.15) is 5.78 Å². The van der Waals surface area contributed by atoms with Crippen LogP contribution >= 0.6 is 0 Å². The lowest BCUT2D eigenvalue weighted by atomic mass is 10.1. The summed E-state index contributed by atoms with van der Waals surface area (Å²) in [5, 5.41) is 11.5. The van der Waals surface area contributed by atoms with E-state index in [2.05, 4.69) is 5.32 Å². The molecule has 0 rings (SSSR count). The molecule has 0 aromatic rings. The fourth-order valence-corrected chi connectivity index (χ4v) is 1.07. The Morgan fingerprint density at radius 3 is 2.00 bits per heavy atom. The van der Waals surface area contributed by atoms with Crippen molar-refractivity contribution in [3.63, 3.8) is 0 Å². The summed E-state index contributed by atoms with van der Waals surface area (Å²) in [7, 11) is 0. The lowest BCUT2D eigenvalue weighted by Crippen LogP contribution is -2.40. The Bertz CT molecular complexity index is 190. The van der Waals surface area contributed by atoms with Crippen LogP contribution in [0.25, 0.3) is 0 Å². The van der Waals surface area contributed by atoms with E-state index in [4.69, 9.17) is 5.11 Å². The molecule has 4 heteroatoms. The summed E-state index contributed by atoms with van der Waals surface area (Å²) >= 11 is 0. The zero-order chi connectivity index (χ0) is 12.4. The Morgan fingerprint density at radius 1 is 1.27 bits per heavy atom. The first-order chi connectivity index (χ1) is 6.93. The van der Waals surface area contributed by atoms with Gasteiger partial charge in [-0.2, -0.15) is 0 Å². The van der Waals surface area contributed by atoms with E-state index in [1.165, 1.54) is 6.92 Å². The highest BCUT2D eigenvalue weighted by Crippen LogP contribution is 2.00. The topological polar surface area (TPSA) is 66.4 Å². The van der Waals surface area contributed by atoms with Crippen molar-refractivity contribution in [2.45, 2.75) is 59.5 Å². The molecule has 0 unspecified atom stereocenters. The maximum atomic E-state index is 11.0. The van der Waals surface area contributed by atoms with Crippen molar-refractivity contribution in [1.29, 1.82) is 0 Å². The van der Waals surface area contributed by atoms with Gasteiger partial charge in [-0.3, -0.25) is 9.59 Å². The maximum absolute atomic E-state index is 11.0. The third-order valence-corrected chi connectivity index (χ3v) is 1.67. The van der Waals surface area contributed by atoms with E-state index in [9.17, 15) is 9.59 Å². The van der Waals surface area contributed by atoms with Crippen molar-refractivity contribution in [2.75, 3.05) is 0 Å². The molecule has 0 aliphatic heterocycles. The van der Waals surface area contributed by atoms with Crippen LogP contribution in [0.1, 0.15) is 47.5 Å². The van der Waals surface area contributed by atoms with Crippen LogP contribution in [-0.2, 0) is 9.59 Å². The zero-order valence-electron chi connectivity index (χ0n) is 10.3. The Labute approximate surface area is 92.1 Å². The number of Topliss-reactive ketones (excluding diaryl/α,β-unsaturated/α-hetero) is 1. The number of nitrogens with one attached hydrogen (secondary N) is 1. The molecule has 1 atom stereocenters. The highest BCUT2D eigenvalue weighted by molar-refractivity contribution is 5.82. The quantitative estimate of drug-likeness (QED) is 0.712. The van der Waals surface area contributed by atoms with Crippen LogP contribution < -0.4 is 5.32 Å². The molecular formula is C11H23NO3. The first-order valence-corrected chi connectivity index (χ1v) is 5.41. The van der Waals surface area contributed by atoms with E-state index in [0.717, 1.165) is 0 Å². The van der Waals surface area contributed by atoms with Crippen LogP contribution in [-0.4, -0.2) is 28.9 Å². The summed E-state index contributed by atoms with van der Waals surface area (Å²) < 4.78 is 0. The van der Waals surface area contributed by atoms with E-state index < -0.39 is 5.97 Å². The number of hydrogen-bond donors (Lipinski definition) is 2. The van der Waals surface area contributed by atoms with Gasteiger partial charge in [0.25, 0.3) is 0 Å². The molecular weight excluding hydrogens is 194 g/mol. The lowest BCUT2D eigenvalue weighted by molar-refractivity contribution is -0.137. The number of rotatable bonds is 6. The molecule has 0 aromatic carbocycles. The predicted octanol–water partition coefficient (Wildman–Crippen LogP) is 1.83. The number of hydrogen-bond acceptors (Lipinski definition) is 3. The van der Waals surface area contributed by atoms with Crippen molar-refractivity contribution in [3.05, 3.63) is 0 Å². The molecule has 0 aromatic heterocycles. The molecule has 0 aliphatic rings. The van der Waals surface area contributed by atoms with E-state index >= 15 is 0 Å². The standard InChI is InChI=1S/C9H17NO3.C2H6/c1-6(2)10-8(7(3)11)4-5-9(12)13;1-2/h6,8,10H,4-5H2,1-3H3,(H,12,13);1-2H3/t8-;/m0./s1. The normalized spacial score (nSPS) is 11.6. The Balaban J connectivity index is 0. The van der Waals surface area contributed by atoms with Crippen LogP contribution in [0, 0.1) is 0 Å². The van der Waals surface area contributed by atoms with Gasteiger partial charge in [-0.15, -0.1) is 0 Å². The first kappa shape index (κ1) is 16.5. The van der Waals surface area contributed by atoms with Gasteiger partial charge in [0, 0.05) is 12.5 Å². The average molecular weight is 217 g/mol. The van der Waals surface area contributed by atoms with Crippen LogP contribution in [0.4, 0.5) is 0 Å². The number of carboxylic acid groups (broad SMARTS) is 1. The maximum Gasteiger partial charge on any atom is 0.303 e. The minimum atomic E-state index is -0.864. The van der Waals surface area contributed by atoms with Gasteiger partial charge in [-0.05, 0) is 13.3 Å². The minimum absolute atomic E-state index is 0.00468. The first-order valence-electron chi connectivity index (χ1n) is 5.41. The number of aliphatic carboxylic acids is 1. The van der Waals surface area contributed by atoms with Gasteiger partial charge in [0.2, 0.25) is 0 Å². The van der Waals surface area contributed by atoms with Crippen molar-refractivity contribution < 1.29 is 14.7 Å². The van der Waals surface area contributed by atoms with Crippen LogP contribution in [0.5, 0.6) is 0 Å². The highest BCUT2D eigenvalue weighted by atomic mass is 16.4. The van der Waals surface area contributed by atoms with Gasteiger partial charge in [0.05, 0.1) is 6.04 Å². The number of carbonyl (C=O) groups excluding carboxylic acids is 1. The van der Waals surface area contributed by atoms with Gasteiger partial charge in [-0.25, -0.2) is 0 Å². The number of carboxylic acids is 1. The molecule has 2 N–H and O–H groups in total. The molecule has 0 aliphatic carbocycles. The summed E-state index contributed by atoms with van der Waals surface area (Å²) in [5.41, 5.74) is 0. The highest BCUT2D eigenvalue weighted by Gasteiger charge is 2.15. The smallest absolute Gasteiger partial charge is 0.303 e. The molecule has 0 radical (unpaired) electrons. The molecule has 0 spiro atoms. The minimum Gasteiger partial charge on any atom is -0.481 e. The molecule has 0 heterocycles. The largest absolute Gasteiger partial charge is 0.481 e. The molecule has 90 valence electrons. The summed E-state index contributed by atoms with van der Waals surface area (Å²) in [6.07, 6.45) is 0.396. The van der Waals surface area contributed by atoms with Crippen molar-refractivity contribution in [3.8, 4) is 0 Å². The summed E-state index contributed by atoms with van der Waals surface area (Å²) in [4.78, 5) is 21.3. The second-order valence-electron chi connectivity index (χ2n) is 3.42. The van der Waals surface area contributed by atoms with Crippen LogP contribution in [0.3, 0.4) is 0 Å². The van der Waals surface area contributed by atoms with Crippen LogP contribution in [0.2, 0.25) is 0 Å². The van der Waals surface area contributed by atoms with Crippen molar-refractivity contribution >= 4 is 11.8 Å². The van der Waals surface area contributed by atoms with Crippen molar-refractivity contribution in [1.82, 2.24) is 5.32 Å². The van der Waals surface area contributed by atoms with Crippen molar-refractivity contribution in [2.24, 2.45) is 0 Å². The van der Waals surface area contributed by atoms with Gasteiger partial charge < -0.3 is 10.4 Å². The van der Waals surface area contributed by atoms with E-state index in [0.29, 0.717) is 6.42 Å². The van der Waals surface area contributed by atoms with E-state index in [1.807, 2.05) is 27.7 Å². The van der Waals surface area contributed by atoms with Gasteiger partial charge in [-0.1, -0.05) is 27.7 Å². The molecule has 0 amide bonds. The average Bonchev–Trinajstić information content (AvgIpc) is 2.14.